The first-order chi connectivity index (χ1) is 7.44. The van der Waals surface area contributed by atoms with Crippen molar-refractivity contribution < 1.29 is 9.84 Å². The van der Waals surface area contributed by atoms with E-state index in [2.05, 4.69) is 11.0 Å². The lowest BCUT2D eigenvalue weighted by Gasteiger charge is -2.34. The zero-order valence-electron chi connectivity index (χ0n) is 10.9. The largest absolute Gasteiger partial charge is 0.389 e. The highest BCUT2D eigenvalue weighted by Crippen LogP contribution is 2.17. The van der Waals surface area contributed by atoms with Crippen LogP contribution in [0.1, 0.15) is 27.2 Å². The van der Waals surface area contributed by atoms with Crippen molar-refractivity contribution in [2.24, 2.45) is 5.92 Å². The first-order valence-electron chi connectivity index (χ1n) is 5.74. The molecular formula is C12H24N2O2. The first kappa shape index (κ1) is 15.4. The molecule has 0 aliphatic carbocycles. The van der Waals surface area contributed by atoms with Gasteiger partial charge >= 0.3 is 0 Å². The summed E-state index contributed by atoms with van der Waals surface area (Å²) in [5, 5.41) is 18.8. The van der Waals surface area contributed by atoms with Gasteiger partial charge in [0.1, 0.15) is 0 Å². The fourth-order valence-electron chi connectivity index (χ4n) is 1.33. The molecule has 0 fully saturated rings. The van der Waals surface area contributed by atoms with Crippen LogP contribution in [-0.4, -0.2) is 49.0 Å². The summed E-state index contributed by atoms with van der Waals surface area (Å²) in [5.74, 6) is 0.194. The van der Waals surface area contributed by atoms with Crippen molar-refractivity contribution in [3.63, 3.8) is 0 Å². The molecule has 0 saturated heterocycles. The summed E-state index contributed by atoms with van der Waals surface area (Å²) in [4.78, 5) is 2.08. The van der Waals surface area contributed by atoms with E-state index in [0.29, 0.717) is 26.1 Å². The predicted octanol–water partition coefficient (Wildman–Crippen LogP) is 1.26. The molecule has 0 saturated carbocycles. The highest BCUT2D eigenvalue weighted by Gasteiger charge is 2.27. The van der Waals surface area contributed by atoms with Crippen molar-refractivity contribution in [3.8, 4) is 6.07 Å². The smallest absolute Gasteiger partial charge is 0.0768 e. The number of nitrogens with zero attached hydrogens (tertiary/aromatic N) is 2. The minimum atomic E-state index is -0.719. The summed E-state index contributed by atoms with van der Waals surface area (Å²) in [7, 11) is 1.66. The SMILES string of the molecule is COCCN(CCC#N)CC(C)(O)C(C)C. The fraction of sp³-hybridized carbons (Fsp3) is 0.917. The van der Waals surface area contributed by atoms with Crippen LogP contribution in [0, 0.1) is 17.2 Å². The zero-order chi connectivity index (χ0) is 12.6. The highest BCUT2D eigenvalue weighted by molar-refractivity contribution is 4.82. The zero-order valence-corrected chi connectivity index (χ0v) is 10.9. The second-order valence-corrected chi connectivity index (χ2v) is 4.69. The molecule has 0 aromatic carbocycles. The standard InChI is InChI=1S/C12H24N2O2/c1-11(2)12(3,15)10-14(7-5-6-13)8-9-16-4/h11,15H,5,7-10H2,1-4H3. The second-order valence-electron chi connectivity index (χ2n) is 4.69. The van der Waals surface area contributed by atoms with E-state index in [1.54, 1.807) is 7.11 Å². The van der Waals surface area contributed by atoms with Gasteiger partial charge in [0.2, 0.25) is 0 Å². The van der Waals surface area contributed by atoms with Crippen LogP contribution in [0.2, 0.25) is 0 Å². The molecule has 4 heteroatoms. The van der Waals surface area contributed by atoms with Gasteiger partial charge in [-0.05, 0) is 12.8 Å². The summed E-state index contributed by atoms with van der Waals surface area (Å²) in [5.41, 5.74) is -0.719. The van der Waals surface area contributed by atoms with Crippen LogP contribution >= 0.6 is 0 Å². The monoisotopic (exact) mass is 228 g/mol. The fourth-order valence-corrected chi connectivity index (χ4v) is 1.33. The summed E-state index contributed by atoms with van der Waals surface area (Å²) >= 11 is 0. The van der Waals surface area contributed by atoms with E-state index in [0.717, 1.165) is 6.54 Å². The van der Waals surface area contributed by atoms with Crippen LogP contribution in [0.4, 0.5) is 0 Å². The van der Waals surface area contributed by atoms with Crippen LogP contribution in [0.25, 0.3) is 0 Å². The van der Waals surface area contributed by atoms with Gasteiger partial charge in [-0.25, -0.2) is 0 Å². The van der Waals surface area contributed by atoms with Crippen molar-refractivity contribution in [1.82, 2.24) is 4.90 Å². The number of hydrogen-bond donors (Lipinski definition) is 1. The molecule has 0 bridgehead atoms. The van der Waals surface area contributed by atoms with Gasteiger partial charge in [0.05, 0.1) is 18.3 Å². The molecule has 0 radical (unpaired) electrons. The maximum Gasteiger partial charge on any atom is 0.0768 e. The summed E-state index contributed by atoms with van der Waals surface area (Å²) in [6.07, 6.45) is 0.484. The van der Waals surface area contributed by atoms with Crippen molar-refractivity contribution in [3.05, 3.63) is 0 Å². The molecule has 1 N–H and O–H groups in total. The molecule has 4 nitrogen and oxygen atoms in total. The van der Waals surface area contributed by atoms with Gasteiger partial charge < -0.3 is 9.84 Å². The average Bonchev–Trinajstić information content (AvgIpc) is 2.21. The predicted molar refractivity (Wildman–Crippen MR) is 64.0 cm³/mol. The van der Waals surface area contributed by atoms with Crippen LogP contribution in [0.15, 0.2) is 0 Å². The van der Waals surface area contributed by atoms with Gasteiger partial charge in [-0.1, -0.05) is 13.8 Å². The van der Waals surface area contributed by atoms with Crippen LogP contribution in [0.3, 0.4) is 0 Å². The Kier molecular flexibility index (Phi) is 7.31. The van der Waals surface area contributed by atoms with Crippen molar-refractivity contribution in [2.45, 2.75) is 32.8 Å². The molecule has 0 aromatic heterocycles. The van der Waals surface area contributed by atoms with E-state index in [9.17, 15) is 5.11 Å². The normalized spacial score (nSPS) is 15.1. The number of rotatable bonds is 8. The Morgan fingerprint density at radius 1 is 1.44 bits per heavy atom. The number of nitriles is 1. The molecule has 16 heavy (non-hydrogen) atoms. The van der Waals surface area contributed by atoms with Gasteiger partial charge in [-0.15, -0.1) is 0 Å². The third-order valence-corrected chi connectivity index (χ3v) is 2.94. The number of aliphatic hydroxyl groups is 1. The van der Waals surface area contributed by atoms with Gasteiger partial charge in [0.15, 0.2) is 0 Å². The molecule has 94 valence electrons. The lowest BCUT2D eigenvalue weighted by molar-refractivity contribution is -0.0225. The van der Waals surface area contributed by atoms with Gasteiger partial charge in [-0.3, -0.25) is 4.90 Å². The minimum absolute atomic E-state index is 0.194. The van der Waals surface area contributed by atoms with Gasteiger partial charge in [0, 0.05) is 33.2 Å². The summed E-state index contributed by atoms with van der Waals surface area (Å²) in [6, 6.07) is 2.13. The van der Waals surface area contributed by atoms with Crippen LogP contribution < -0.4 is 0 Å². The Labute approximate surface area is 98.8 Å². The maximum atomic E-state index is 10.2. The Hall–Kier alpha value is -0.630. The number of ether oxygens (including phenoxy) is 1. The highest BCUT2D eigenvalue weighted by atomic mass is 16.5. The maximum absolute atomic E-state index is 10.2. The molecule has 1 unspecified atom stereocenters. The van der Waals surface area contributed by atoms with Crippen LogP contribution in [-0.2, 0) is 4.74 Å². The molecule has 0 amide bonds. The Bertz CT molecular complexity index is 222. The first-order valence-corrected chi connectivity index (χ1v) is 5.74. The molecule has 1 atom stereocenters. The molecule has 0 aliphatic rings. The van der Waals surface area contributed by atoms with E-state index >= 15 is 0 Å². The van der Waals surface area contributed by atoms with Crippen molar-refractivity contribution in [1.29, 1.82) is 5.26 Å². The number of hydrogen-bond acceptors (Lipinski definition) is 4. The molecule has 0 rings (SSSR count). The van der Waals surface area contributed by atoms with E-state index in [1.165, 1.54) is 0 Å². The molecule has 0 spiro atoms. The van der Waals surface area contributed by atoms with E-state index in [4.69, 9.17) is 10.00 Å². The second kappa shape index (κ2) is 7.61. The average molecular weight is 228 g/mol. The minimum Gasteiger partial charge on any atom is -0.389 e. The third-order valence-electron chi connectivity index (χ3n) is 2.94. The van der Waals surface area contributed by atoms with E-state index in [-0.39, 0.29) is 5.92 Å². The lowest BCUT2D eigenvalue weighted by Crippen LogP contribution is -2.45. The quantitative estimate of drug-likeness (QED) is 0.679. The molecule has 0 aliphatic heterocycles. The van der Waals surface area contributed by atoms with Crippen molar-refractivity contribution >= 4 is 0 Å². The van der Waals surface area contributed by atoms with E-state index < -0.39 is 5.60 Å². The lowest BCUT2D eigenvalue weighted by atomic mass is 9.92. The molecular weight excluding hydrogens is 204 g/mol. The Morgan fingerprint density at radius 2 is 2.06 bits per heavy atom. The van der Waals surface area contributed by atoms with Crippen molar-refractivity contribution in [2.75, 3.05) is 33.4 Å². The van der Waals surface area contributed by atoms with Crippen LogP contribution in [0.5, 0.6) is 0 Å². The number of methoxy groups -OCH3 is 1. The summed E-state index contributed by atoms with van der Waals surface area (Å²) < 4.78 is 5.02. The Morgan fingerprint density at radius 3 is 2.50 bits per heavy atom. The third kappa shape index (κ3) is 6.06. The summed E-state index contributed by atoms with van der Waals surface area (Å²) in [6.45, 7) is 8.47. The van der Waals surface area contributed by atoms with Gasteiger partial charge in [0.25, 0.3) is 0 Å². The molecule has 0 aromatic rings. The topological polar surface area (TPSA) is 56.5 Å². The Balaban J connectivity index is 4.23. The van der Waals surface area contributed by atoms with Gasteiger partial charge in [-0.2, -0.15) is 5.26 Å². The molecule has 0 heterocycles. The van der Waals surface area contributed by atoms with E-state index in [1.807, 2.05) is 20.8 Å².